The van der Waals surface area contributed by atoms with Crippen molar-refractivity contribution in [3.8, 4) is 0 Å². The second-order valence-corrected chi connectivity index (χ2v) is 7.95. The van der Waals surface area contributed by atoms with Crippen molar-refractivity contribution in [1.29, 1.82) is 0 Å². The van der Waals surface area contributed by atoms with E-state index < -0.39 is 10.0 Å². The molecule has 116 valence electrons. The third-order valence-corrected chi connectivity index (χ3v) is 5.25. The van der Waals surface area contributed by atoms with Crippen LogP contribution in [0.25, 0.3) is 0 Å². The Morgan fingerprint density at radius 2 is 2.30 bits per heavy atom. The van der Waals surface area contributed by atoms with Crippen LogP contribution in [0.15, 0.2) is 11.6 Å². The summed E-state index contributed by atoms with van der Waals surface area (Å²) < 4.78 is 30.3. The number of hydrogen-bond acceptors (Lipinski definition) is 4. The van der Waals surface area contributed by atoms with Crippen molar-refractivity contribution in [3.05, 3.63) is 11.6 Å². The maximum absolute atomic E-state index is 11.6. The summed E-state index contributed by atoms with van der Waals surface area (Å²) in [7, 11) is -3.05. The van der Waals surface area contributed by atoms with Crippen LogP contribution in [0, 0.1) is 5.92 Å². The van der Waals surface area contributed by atoms with E-state index in [1.165, 1.54) is 11.8 Å². The van der Waals surface area contributed by atoms with Gasteiger partial charge in [-0.3, -0.25) is 0 Å². The molecule has 0 radical (unpaired) electrons. The molecular weight excluding hydrogens is 276 g/mol. The van der Waals surface area contributed by atoms with Gasteiger partial charge in [-0.05, 0) is 32.1 Å². The van der Waals surface area contributed by atoms with Crippen molar-refractivity contribution in [2.75, 3.05) is 39.1 Å². The molecule has 0 amide bonds. The van der Waals surface area contributed by atoms with Crippen molar-refractivity contribution in [1.82, 2.24) is 9.62 Å². The van der Waals surface area contributed by atoms with Crippen LogP contribution in [0.3, 0.4) is 0 Å². The lowest BCUT2D eigenvalue weighted by atomic mass is 9.95. The highest BCUT2D eigenvalue weighted by Gasteiger charge is 2.25. The zero-order chi connectivity index (χ0) is 14.6. The van der Waals surface area contributed by atoms with Gasteiger partial charge in [0.05, 0.1) is 19.5 Å². The summed E-state index contributed by atoms with van der Waals surface area (Å²) in [4.78, 5) is 0. The molecule has 2 atom stereocenters. The average molecular weight is 302 g/mol. The molecule has 6 heteroatoms. The fourth-order valence-corrected chi connectivity index (χ4v) is 3.94. The topological polar surface area (TPSA) is 58.6 Å². The number of sulfonamides is 1. The number of nitrogens with zero attached hydrogens (tertiary/aromatic N) is 1. The first kappa shape index (κ1) is 15.9. The molecule has 5 nitrogen and oxygen atoms in total. The summed E-state index contributed by atoms with van der Waals surface area (Å²) in [5.74, 6) is 0.350. The van der Waals surface area contributed by atoms with Crippen molar-refractivity contribution in [3.63, 3.8) is 0 Å². The normalized spacial score (nSPS) is 30.4. The molecule has 0 saturated carbocycles. The number of hydrogen-bond donors (Lipinski definition) is 1. The van der Waals surface area contributed by atoms with Gasteiger partial charge in [0.25, 0.3) is 0 Å². The Kier molecular flexibility index (Phi) is 5.60. The van der Waals surface area contributed by atoms with Crippen LogP contribution in [0.4, 0.5) is 0 Å². The number of rotatable bonds is 4. The van der Waals surface area contributed by atoms with E-state index in [1.807, 2.05) is 0 Å². The van der Waals surface area contributed by atoms with Crippen molar-refractivity contribution < 1.29 is 13.2 Å². The van der Waals surface area contributed by atoms with Crippen LogP contribution in [-0.2, 0) is 14.8 Å². The van der Waals surface area contributed by atoms with E-state index in [1.54, 1.807) is 4.31 Å². The van der Waals surface area contributed by atoms with Gasteiger partial charge in [0, 0.05) is 25.7 Å². The highest BCUT2D eigenvalue weighted by Crippen LogP contribution is 2.22. The fourth-order valence-electron chi connectivity index (χ4n) is 3.02. The van der Waals surface area contributed by atoms with Gasteiger partial charge in [-0.1, -0.05) is 11.6 Å². The van der Waals surface area contributed by atoms with Crippen LogP contribution >= 0.6 is 0 Å². The maximum atomic E-state index is 11.6. The number of morpholine rings is 1. The molecule has 2 aliphatic heterocycles. The summed E-state index contributed by atoms with van der Waals surface area (Å²) in [5, 5.41) is 3.45. The minimum atomic E-state index is -3.05. The largest absolute Gasteiger partial charge is 0.379 e. The van der Waals surface area contributed by atoms with E-state index in [4.69, 9.17) is 4.74 Å². The Bertz CT molecular complexity index is 441. The second kappa shape index (κ2) is 7.02. The van der Waals surface area contributed by atoms with Crippen molar-refractivity contribution in [2.24, 2.45) is 5.92 Å². The highest BCUT2D eigenvalue weighted by molar-refractivity contribution is 7.88. The minimum absolute atomic E-state index is 0.350. The second-order valence-electron chi connectivity index (χ2n) is 5.97. The Balaban J connectivity index is 1.88. The molecule has 2 heterocycles. The van der Waals surface area contributed by atoms with Gasteiger partial charge in [0.15, 0.2) is 0 Å². The monoisotopic (exact) mass is 302 g/mol. The molecule has 2 saturated heterocycles. The Labute approximate surface area is 122 Å². The van der Waals surface area contributed by atoms with E-state index >= 15 is 0 Å². The predicted molar refractivity (Wildman–Crippen MR) is 80.1 cm³/mol. The van der Waals surface area contributed by atoms with Gasteiger partial charge in [0.1, 0.15) is 0 Å². The van der Waals surface area contributed by atoms with Crippen LogP contribution in [0.2, 0.25) is 0 Å². The summed E-state index contributed by atoms with van der Waals surface area (Å²) in [6.07, 6.45) is 6.57. The molecule has 2 aliphatic rings. The molecule has 0 aromatic rings. The van der Waals surface area contributed by atoms with Gasteiger partial charge in [-0.2, -0.15) is 0 Å². The summed E-state index contributed by atoms with van der Waals surface area (Å²) in [6, 6.07) is 0.398. The molecule has 2 fully saturated rings. The van der Waals surface area contributed by atoms with E-state index in [-0.39, 0.29) is 0 Å². The molecule has 0 bridgehead atoms. The summed E-state index contributed by atoms with van der Waals surface area (Å²) in [6.45, 7) is 5.92. The van der Waals surface area contributed by atoms with E-state index in [0.717, 1.165) is 39.0 Å². The third-order valence-electron chi connectivity index (χ3n) is 3.98. The first-order valence-electron chi connectivity index (χ1n) is 7.38. The van der Waals surface area contributed by atoms with E-state index in [0.29, 0.717) is 25.0 Å². The lowest BCUT2D eigenvalue weighted by molar-refractivity contribution is 0.0769. The molecule has 0 spiro atoms. The Morgan fingerprint density at radius 1 is 1.50 bits per heavy atom. The van der Waals surface area contributed by atoms with Gasteiger partial charge in [-0.25, -0.2) is 12.7 Å². The van der Waals surface area contributed by atoms with Crippen molar-refractivity contribution in [2.45, 2.75) is 32.2 Å². The predicted octanol–water partition coefficient (Wildman–Crippen LogP) is 0.983. The molecule has 0 aliphatic carbocycles. The quantitative estimate of drug-likeness (QED) is 0.787. The molecule has 2 unspecified atom stereocenters. The smallest absolute Gasteiger partial charge is 0.211 e. The molecule has 1 N–H and O–H groups in total. The molecule has 2 rings (SSSR count). The first-order valence-corrected chi connectivity index (χ1v) is 9.23. The van der Waals surface area contributed by atoms with Crippen LogP contribution in [-0.4, -0.2) is 57.9 Å². The molecule has 20 heavy (non-hydrogen) atoms. The van der Waals surface area contributed by atoms with Gasteiger partial charge < -0.3 is 10.1 Å². The van der Waals surface area contributed by atoms with Crippen LogP contribution in [0.5, 0.6) is 0 Å². The highest BCUT2D eigenvalue weighted by atomic mass is 32.2. The van der Waals surface area contributed by atoms with E-state index in [2.05, 4.69) is 18.3 Å². The van der Waals surface area contributed by atoms with Gasteiger partial charge >= 0.3 is 0 Å². The van der Waals surface area contributed by atoms with E-state index in [9.17, 15) is 8.42 Å². The van der Waals surface area contributed by atoms with Gasteiger partial charge in [0.2, 0.25) is 10.0 Å². The maximum Gasteiger partial charge on any atom is 0.211 e. The molecule has 0 aromatic heterocycles. The van der Waals surface area contributed by atoms with Gasteiger partial charge in [-0.15, -0.1) is 0 Å². The Morgan fingerprint density at radius 3 is 2.95 bits per heavy atom. The number of nitrogens with one attached hydrogen (secondary N) is 1. The first-order chi connectivity index (χ1) is 9.45. The Hall–Kier alpha value is -0.430. The fraction of sp³-hybridized carbons (Fsp3) is 0.857. The SMILES string of the molecule is CC(=CC1CCCN(S(C)(=O)=O)C1)CC1COCCN1. The summed E-state index contributed by atoms with van der Waals surface area (Å²) >= 11 is 0. The van der Waals surface area contributed by atoms with Crippen LogP contribution in [0.1, 0.15) is 26.2 Å². The minimum Gasteiger partial charge on any atom is -0.379 e. The lowest BCUT2D eigenvalue weighted by Gasteiger charge is -2.30. The average Bonchev–Trinajstić information content (AvgIpc) is 2.39. The van der Waals surface area contributed by atoms with Crippen LogP contribution < -0.4 is 5.32 Å². The number of ether oxygens (including phenoxy) is 1. The standard InChI is InChI=1S/C14H26N2O3S/c1-12(9-14-11-19-7-5-15-14)8-13-4-3-6-16(10-13)20(2,17)18/h8,13-15H,3-7,9-11H2,1-2H3. The lowest BCUT2D eigenvalue weighted by Crippen LogP contribution is -2.41. The van der Waals surface area contributed by atoms with Crippen molar-refractivity contribution >= 4 is 10.0 Å². The molecule has 0 aromatic carbocycles. The zero-order valence-electron chi connectivity index (χ0n) is 12.5. The molecular formula is C14H26N2O3S. The number of piperidine rings is 1. The summed E-state index contributed by atoms with van der Waals surface area (Å²) in [5.41, 5.74) is 1.33. The third kappa shape index (κ3) is 4.84. The zero-order valence-corrected chi connectivity index (χ0v) is 13.3.